The Morgan fingerprint density at radius 2 is 2.29 bits per heavy atom. The quantitative estimate of drug-likeness (QED) is 0.569. The van der Waals surface area contributed by atoms with Crippen molar-refractivity contribution < 1.29 is 19.8 Å². The minimum absolute atomic E-state index is 0.0974. The van der Waals surface area contributed by atoms with Crippen molar-refractivity contribution in [2.75, 3.05) is 19.5 Å². The molecule has 4 N–H and O–H groups in total. The SMILES string of the molecule is CNc1cc(OC)c(Br)c(F)c1[NH2+]O. The smallest absolute Gasteiger partial charge is 0.222 e. The molecule has 0 spiro atoms. The van der Waals surface area contributed by atoms with Crippen molar-refractivity contribution in [2.45, 2.75) is 0 Å². The van der Waals surface area contributed by atoms with Gasteiger partial charge in [-0.1, -0.05) is 0 Å². The van der Waals surface area contributed by atoms with Crippen molar-refractivity contribution in [3.63, 3.8) is 0 Å². The van der Waals surface area contributed by atoms with Gasteiger partial charge in [0.15, 0.2) is 0 Å². The first-order chi connectivity index (χ1) is 6.65. The standard InChI is InChI=1S/C8H10BrFN2O2/c1-11-4-3-5(14-2)6(9)7(10)8(4)12-13/h3,11-13H,1-2H3/p+1. The van der Waals surface area contributed by atoms with E-state index in [0.29, 0.717) is 16.9 Å². The molecule has 0 aliphatic carbocycles. The Labute approximate surface area is 89.2 Å². The first kappa shape index (κ1) is 11.2. The van der Waals surface area contributed by atoms with Gasteiger partial charge >= 0.3 is 0 Å². The second-order valence-corrected chi connectivity index (χ2v) is 3.34. The van der Waals surface area contributed by atoms with Crippen molar-refractivity contribution in [1.29, 1.82) is 0 Å². The van der Waals surface area contributed by atoms with Crippen molar-refractivity contribution in [3.8, 4) is 5.75 Å². The number of benzene rings is 1. The maximum Gasteiger partial charge on any atom is 0.222 e. The number of nitrogens with one attached hydrogen (secondary N) is 1. The molecule has 0 saturated carbocycles. The van der Waals surface area contributed by atoms with E-state index in [2.05, 4.69) is 21.2 Å². The van der Waals surface area contributed by atoms with Crippen LogP contribution in [0.3, 0.4) is 0 Å². The fourth-order valence-electron chi connectivity index (χ4n) is 1.10. The summed E-state index contributed by atoms with van der Waals surface area (Å²) in [6, 6.07) is 1.59. The summed E-state index contributed by atoms with van der Waals surface area (Å²) in [5.74, 6) is -0.186. The van der Waals surface area contributed by atoms with Crippen LogP contribution in [-0.4, -0.2) is 19.4 Å². The second-order valence-electron chi connectivity index (χ2n) is 2.55. The number of methoxy groups -OCH3 is 1. The fourth-order valence-corrected chi connectivity index (χ4v) is 1.59. The molecule has 0 heterocycles. The lowest BCUT2D eigenvalue weighted by molar-refractivity contribution is -0.826. The zero-order valence-corrected chi connectivity index (χ0v) is 9.35. The van der Waals surface area contributed by atoms with Gasteiger partial charge in [-0.3, -0.25) is 0 Å². The van der Waals surface area contributed by atoms with Crippen molar-refractivity contribution in [3.05, 3.63) is 16.4 Å². The van der Waals surface area contributed by atoms with E-state index in [4.69, 9.17) is 9.94 Å². The van der Waals surface area contributed by atoms with Gasteiger partial charge in [0.05, 0.1) is 7.11 Å². The Balaban J connectivity index is 3.38. The Morgan fingerprint density at radius 3 is 2.71 bits per heavy atom. The second kappa shape index (κ2) is 4.59. The van der Waals surface area contributed by atoms with Gasteiger partial charge < -0.3 is 10.1 Å². The highest BCUT2D eigenvalue weighted by molar-refractivity contribution is 9.10. The first-order valence-corrected chi connectivity index (χ1v) is 4.66. The molecule has 0 amide bonds. The lowest BCUT2D eigenvalue weighted by Gasteiger charge is -2.09. The normalized spacial score (nSPS) is 10.1. The summed E-state index contributed by atoms with van der Waals surface area (Å²) in [7, 11) is 3.08. The summed E-state index contributed by atoms with van der Waals surface area (Å²) in [5.41, 5.74) is 1.27. The first-order valence-electron chi connectivity index (χ1n) is 3.86. The van der Waals surface area contributed by atoms with Gasteiger partial charge in [0, 0.05) is 13.1 Å². The van der Waals surface area contributed by atoms with E-state index in [9.17, 15) is 4.39 Å². The number of hydrogen-bond donors (Lipinski definition) is 3. The third-order valence-corrected chi connectivity index (χ3v) is 2.57. The molecule has 0 aromatic heterocycles. The van der Waals surface area contributed by atoms with Crippen LogP contribution in [0.4, 0.5) is 15.8 Å². The van der Waals surface area contributed by atoms with E-state index in [-0.39, 0.29) is 10.2 Å². The molecule has 0 saturated heterocycles. The van der Waals surface area contributed by atoms with Crippen LogP contribution in [0, 0.1) is 5.82 Å². The van der Waals surface area contributed by atoms with E-state index in [1.807, 2.05) is 0 Å². The van der Waals surface area contributed by atoms with Crippen molar-refractivity contribution in [1.82, 2.24) is 0 Å². The molecule has 0 aliphatic rings. The lowest BCUT2D eigenvalue weighted by atomic mass is 10.2. The van der Waals surface area contributed by atoms with Crippen LogP contribution in [0.1, 0.15) is 0 Å². The predicted molar refractivity (Wildman–Crippen MR) is 53.6 cm³/mol. The predicted octanol–water partition coefficient (Wildman–Crippen LogP) is 1.22. The molecule has 1 aromatic rings. The molecule has 0 atom stereocenters. The van der Waals surface area contributed by atoms with Gasteiger partial charge in [0.25, 0.3) is 0 Å². The monoisotopic (exact) mass is 265 g/mol. The molecule has 4 nitrogen and oxygen atoms in total. The van der Waals surface area contributed by atoms with E-state index in [1.54, 1.807) is 13.1 Å². The maximum atomic E-state index is 13.5. The average Bonchev–Trinajstić information content (AvgIpc) is 2.21. The van der Waals surface area contributed by atoms with Crippen LogP contribution in [0.2, 0.25) is 0 Å². The summed E-state index contributed by atoms with van der Waals surface area (Å²) in [4.78, 5) is 0. The van der Waals surface area contributed by atoms with E-state index < -0.39 is 5.82 Å². The number of quaternary nitrogens is 1. The van der Waals surface area contributed by atoms with Crippen LogP contribution >= 0.6 is 15.9 Å². The molecule has 0 radical (unpaired) electrons. The summed E-state index contributed by atoms with van der Waals surface area (Å²) in [6.07, 6.45) is 0. The Kier molecular flexibility index (Phi) is 3.68. The van der Waals surface area contributed by atoms with Crippen LogP contribution in [-0.2, 0) is 0 Å². The molecular formula is C8H11BrFN2O2+. The molecule has 14 heavy (non-hydrogen) atoms. The van der Waals surface area contributed by atoms with Crippen molar-refractivity contribution in [2.24, 2.45) is 0 Å². The highest BCUT2D eigenvalue weighted by Crippen LogP contribution is 2.35. The van der Waals surface area contributed by atoms with Crippen LogP contribution in [0.5, 0.6) is 5.75 Å². The summed E-state index contributed by atoms with van der Waals surface area (Å²) < 4.78 is 18.7. The number of anilines is 1. The molecule has 78 valence electrons. The topological polar surface area (TPSA) is 58.1 Å². The van der Waals surface area contributed by atoms with Gasteiger partial charge in [0.1, 0.15) is 15.9 Å². The Bertz CT molecular complexity index is 347. The fraction of sp³-hybridized carbons (Fsp3) is 0.250. The zero-order chi connectivity index (χ0) is 10.7. The minimum atomic E-state index is -0.559. The zero-order valence-electron chi connectivity index (χ0n) is 7.77. The maximum absolute atomic E-state index is 13.5. The molecular weight excluding hydrogens is 255 g/mol. The highest BCUT2D eigenvalue weighted by atomic mass is 79.9. The third kappa shape index (κ3) is 1.82. The number of nitrogens with two attached hydrogens (primary N) is 1. The molecule has 0 bridgehead atoms. The lowest BCUT2D eigenvalue weighted by Crippen LogP contribution is -2.74. The van der Waals surface area contributed by atoms with Gasteiger partial charge in [-0.25, -0.2) is 5.21 Å². The minimum Gasteiger partial charge on any atom is -0.495 e. The average molecular weight is 266 g/mol. The summed E-state index contributed by atoms with van der Waals surface area (Å²) in [6.45, 7) is 0. The molecule has 1 aromatic carbocycles. The summed E-state index contributed by atoms with van der Waals surface area (Å²) >= 11 is 3.04. The van der Waals surface area contributed by atoms with Crippen LogP contribution in [0.25, 0.3) is 0 Å². The highest BCUT2D eigenvalue weighted by Gasteiger charge is 2.19. The van der Waals surface area contributed by atoms with Crippen LogP contribution in [0.15, 0.2) is 10.5 Å². The Morgan fingerprint density at radius 1 is 1.64 bits per heavy atom. The number of hydrogen-bond acceptors (Lipinski definition) is 3. The van der Waals surface area contributed by atoms with E-state index in [0.717, 1.165) is 0 Å². The Hall–Kier alpha value is -0.850. The van der Waals surface area contributed by atoms with Gasteiger partial charge in [-0.2, -0.15) is 9.87 Å². The van der Waals surface area contributed by atoms with E-state index in [1.165, 1.54) is 7.11 Å². The largest absolute Gasteiger partial charge is 0.495 e. The van der Waals surface area contributed by atoms with Gasteiger partial charge in [0.2, 0.25) is 11.5 Å². The molecule has 6 heteroatoms. The molecule has 1 rings (SSSR count). The van der Waals surface area contributed by atoms with Crippen molar-refractivity contribution >= 4 is 27.3 Å². The molecule has 0 fully saturated rings. The summed E-state index contributed by atoms with van der Waals surface area (Å²) in [5, 5.41) is 11.6. The van der Waals surface area contributed by atoms with Gasteiger partial charge in [-0.15, -0.1) is 0 Å². The number of halogens is 2. The van der Waals surface area contributed by atoms with Crippen LogP contribution < -0.4 is 15.5 Å². The number of ether oxygens (including phenoxy) is 1. The third-order valence-electron chi connectivity index (χ3n) is 1.83. The van der Waals surface area contributed by atoms with Gasteiger partial charge in [-0.05, 0) is 15.9 Å². The molecule has 0 unspecified atom stereocenters. The van der Waals surface area contributed by atoms with E-state index >= 15 is 0 Å². The molecule has 0 aliphatic heterocycles. The number of rotatable bonds is 3.